The van der Waals surface area contributed by atoms with Crippen LogP contribution in [0.5, 0.6) is 5.75 Å². The fraction of sp³-hybridized carbons (Fsp3) is 0.591. The number of unbranched alkanes of at least 4 members (excludes halogenated alkanes) is 1. The number of hydrogen-bond acceptors (Lipinski definition) is 5. The summed E-state index contributed by atoms with van der Waals surface area (Å²) in [6.07, 6.45) is 7.70. The van der Waals surface area contributed by atoms with Crippen LogP contribution in [0.4, 0.5) is 0 Å². The van der Waals surface area contributed by atoms with Crippen LogP contribution in [-0.4, -0.2) is 51.7 Å². The summed E-state index contributed by atoms with van der Waals surface area (Å²) >= 11 is 0. The summed E-state index contributed by atoms with van der Waals surface area (Å²) in [7, 11) is 0. The number of hydrogen-bond donors (Lipinski definition) is 2. The van der Waals surface area contributed by atoms with Gasteiger partial charge in [0, 0.05) is 25.1 Å². The molecule has 0 bridgehead atoms. The van der Waals surface area contributed by atoms with E-state index in [1.54, 1.807) is 13.0 Å². The van der Waals surface area contributed by atoms with E-state index < -0.39 is 0 Å². The second-order valence-corrected chi connectivity index (χ2v) is 7.74. The van der Waals surface area contributed by atoms with E-state index in [0.717, 1.165) is 25.7 Å². The minimum Gasteiger partial charge on any atom is -0.494 e. The fourth-order valence-corrected chi connectivity index (χ4v) is 3.97. The Morgan fingerprint density at radius 1 is 1.28 bits per heavy atom. The van der Waals surface area contributed by atoms with Crippen LogP contribution < -0.4 is 10.3 Å². The van der Waals surface area contributed by atoms with Gasteiger partial charge in [-0.05, 0) is 44.7 Å². The molecule has 1 amide bonds. The number of aromatic nitrogens is 2. The molecule has 7 heteroatoms. The van der Waals surface area contributed by atoms with Crippen LogP contribution in [0, 0.1) is 6.92 Å². The third-order valence-electron chi connectivity index (χ3n) is 5.56. The zero-order valence-corrected chi connectivity index (χ0v) is 17.2. The molecule has 0 saturated heterocycles. The second kappa shape index (κ2) is 10.4. The summed E-state index contributed by atoms with van der Waals surface area (Å²) in [4.78, 5) is 33.2. The van der Waals surface area contributed by atoms with Crippen molar-refractivity contribution in [3.63, 3.8) is 0 Å². The Morgan fingerprint density at radius 2 is 2.07 bits per heavy atom. The summed E-state index contributed by atoms with van der Waals surface area (Å²) in [6.45, 7) is 2.65. The molecule has 0 unspecified atom stereocenters. The SMILES string of the molecule is Cc1nc2cc(OCCCCC(=O)N(CCO)C3CCCCC3)ccc2[nH]c1=O. The van der Waals surface area contributed by atoms with Gasteiger partial charge in [0.25, 0.3) is 5.56 Å². The van der Waals surface area contributed by atoms with E-state index in [2.05, 4.69) is 9.97 Å². The van der Waals surface area contributed by atoms with Gasteiger partial charge >= 0.3 is 0 Å². The number of rotatable bonds is 9. The number of amides is 1. The van der Waals surface area contributed by atoms with Crippen molar-refractivity contribution in [2.24, 2.45) is 0 Å². The van der Waals surface area contributed by atoms with Gasteiger partial charge in [-0.2, -0.15) is 0 Å². The van der Waals surface area contributed by atoms with Gasteiger partial charge in [0.1, 0.15) is 11.4 Å². The van der Waals surface area contributed by atoms with E-state index >= 15 is 0 Å². The highest BCUT2D eigenvalue weighted by Crippen LogP contribution is 2.23. The smallest absolute Gasteiger partial charge is 0.269 e. The second-order valence-electron chi connectivity index (χ2n) is 7.74. The van der Waals surface area contributed by atoms with E-state index in [4.69, 9.17) is 4.74 Å². The molecule has 2 aromatic rings. The van der Waals surface area contributed by atoms with Crippen molar-refractivity contribution in [1.82, 2.24) is 14.9 Å². The number of carbonyl (C=O) groups is 1. The number of ether oxygens (including phenoxy) is 1. The number of nitrogens with zero attached hydrogens (tertiary/aromatic N) is 2. The lowest BCUT2D eigenvalue weighted by Crippen LogP contribution is -2.43. The number of aliphatic hydroxyl groups excluding tert-OH is 1. The Morgan fingerprint density at radius 3 is 2.83 bits per heavy atom. The van der Waals surface area contributed by atoms with E-state index in [9.17, 15) is 14.7 Å². The molecule has 1 aliphatic carbocycles. The van der Waals surface area contributed by atoms with Gasteiger partial charge in [-0.25, -0.2) is 4.98 Å². The molecule has 1 aromatic heterocycles. The van der Waals surface area contributed by atoms with Gasteiger partial charge in [0.15, 0.2) is 0 Å². The van der Waals surface area contributed by atoms with Gasteiger partial charge in [-0.1, -0.05) is 19.3 Å². The molecular weight excluding hydrogens is 370 g/mol. The standard InChI is InChI=1S/C22H31N3O4/c1-16-22(28)24-19-11-10-18(15-20(19)23-16)29-14-6-5-9-21(27)25(12-13-26)17-7-3-2-4-8-17/h10-11,15,17,26H,2-9,12-14H2,1H3,(H,24,28). The van der Waals surface area contributed by atoms with Crippen LogP contribution in [0.25, 0.3) is 11.0 Å². The Labute approximate surface area is 171 Å². The summed E-state index contributed by atoms with van der Waals surface area (Å²) in [5, 5.41) is 9.32. The van der Waals surface area contributed by atoms with Crippen molar-refractivity contribution in [2.45, 2.75) is 64.3 Å². The first kappa shape index (κ1) is 21.3. The predicted molar refractivity (Wildman–Crippen MR) is 112 cm³/mol. The topological polar surface area (TPSA) is 95.5 Å². The highest BCUT2D eigenvalue weighted by molar-refractivity contribution is 5.76. The Balaban J connectivity index is 1.45. The van der Waals surface area contributed by atoms with Crippen molar-refractivity contribution in [2.75, 3.05) is 19.8 Å². The zero-order chi connectivity index (χ0) is 20.6. The fourth-order valence-electron chi connectivity index (χ4n) is 3.97. The average molecular weight is 402 g/mol. The number of H-pyrrole nitrogens is 1. The summed E-state index contributed by atoms with van der Waals surface area (Å²) < 4.78 is 5.79. The molecule has 7 nitrogen and oxygen atoms in total. The first-order valence-electron chi connectivity index (χ1n) is 10.6. The minimum absolute atomic E-state index is 0.0199. The van der Waals surface area contributed by atoms with E-state index in [0.29, 0.717) is 48.1 Å². The lowest BCUT2D eigenvalue weighted by molar-refractivity contribution is -0.135. The summed E-state index contributed by atoms with van der Waals surface area (Å²) in [5.41, 5.74) is 1.63. The van der Waals surface area contributed by atoms with Gasteiger partial charge in [0.05, 0.1) is 24.2 Å². The van der Waals surface area contributed by atoms with E-state index in [1.165, 1.54) is 19.3 Å². The van der Waals surface area contributed by atoms with Crippen LogP contribution in [0.1, 0.15) is 57.1 Å². The minimum atomic E-state index is -0.181. The number of nitrogens with one attached hydrogen (secondary N) is 1. The van der Waals surface area contributed by atoms with Crippen molar-refractivity contribution in [1.29, 1.82) is 0 Å². The van der Waals surface area contributed by atoms with Crippen LogP contribution in [-0.2, 0) is 4.79 Å². The molecule has 1 fully saturated rings. The first-order chi connectivity index (χ1) is 14.1. The van der Waals surface area contributed by atoms with Crippen molar-refractivity contribution >= 4 is 16.9 Å². The molecular formula is C22H31N3O4. The first-order valence-corrected chi connectivity index (χ1v) is 10.6. The number of fused-ring (bicyclic) bond motifs is 1. The van der Waals surface area contributed by atoms with Crippen LogP contribution >= 0.6 is 0 Å². The van der Waals surface area contributed by atoms with Crippen LogP contribution in [0.15, 0.2) is 23.0 Å². The number of aromatic amines is 1. The van der Waals surface area contributed by atoms with E-state index in [1.807, 2.05) is 17.0 Å². The van der Waals surface area contributed by atoms with Crippen molar-refractivity contribution < 1.29 is 14.6 Å². The quantitative estimate of drug-likeness (QED) is 0.630. The molecule has 1 heterocycles. The Kier molecular flexibility index (Phi) is 7.63. The third-order valence-corrected chi connectivity index (χ3v) is 5.56. The summed E-state index contributed by atoms with van der Waals surface area (Å²) in [6, 6.07) is 5.71. The molecule has 0 radical (unpaired) electrons. The van der Waals surface area contributed by atoms with E-state index in [-0.39, 0.29) is 18.1 Å². The molecule has 1 aliphatic rings. The van der Waals surface area contributed by atoms with Crippen molar-refractivity contribution in [3.8, 4) is 5.75 Å². The Hall–Kier alpha value is -2.41. The van der Waals surface area contributed by atoms with Crippen LogP contribution in [0.2, 0.25) is 0 Å². The van der Waals surface area contributed by atoms with Gasteiger partial charge in [0.2, 0.25) is 5.91 Å². The van der Waals surface area contributed by atoms with Crippen molar-refractivity contribution in [3.05, 3.63) is 34.2 Å². The zero-order valence-electron chi connectivity index (χ0n) is 17.2. The largest absolute Gasteiger partial charge is 0.494 e. The lowest BCUT2D eigenvalue weighted by atomic mass is 9.94. The molecule has 0 spiro atoms. The van der Waals surface area contributed by atoms with Gasteiger partial charge < -0.3 is 19.7 Å². The number of aliphatic hydroxyl groups is 1. The molecule has 29 heavy (non-hydrogen) atoms. The molecule has 3 rings (SSSR count). The molecule has 158 valence electrons. The van der Waals surface area contributed by atoms with Crippen LogP contribution in [0.3, 0.4) is 0 Å². The lowest BCUT2D eigenvalue weighted by Gasteiger charge is -2.34. The van der Waals surface area contributed by atoms with Gasteiger partial charge in [-0.3, -0.25) is 9.59 Å². The molecule has 1 aromatic carbocycles. The normalized spacial score (nSPS) is 14.8. The molecule has 0 aliphatic heterocycles. The number of carbonyl (C=O) groups excluding carboxylic acids is 1. The maximum absolute atomic E-state index is 12.6. The molecule has 0 atom stereocenters. The highest BCUT2D eigenvalue weighted by atomic mass is 16.5. The number of aryl methyl sites for hydroxylation is 1. The third kappa shape index (κ3) is 5.79. The summed E-state index contributed by atoms with van der Waals surface area (Å²) in [5.74, 6) is 0.840. The van der Waals surface area contributed by atoms with Gasteiger partial charge in [-0.15, -0.1) is 0 Å². The highest BCUT2D eigenvalue weighted by Gasteiger charge is 2.24. The maximum Gasteiger partial charge on any atom is 0.269 e. The number of benzene rings is 1. The predicted octanol–water partition coefficient (Wildman–Crippen LogP) is 2.93. The average Bonchev–Trinajstić information content (AvgIpc) is 2.73. The Bertz CT molecular complexity index is 874. The molecule has 2 N–H and O–H groups in total. The maximum atomic E-state index is 12.6. The monoisotopic (exact) mass is 401 g/mol. The molecule has 1 saturated carbocycles.